The molecule has 0 unspecified atom stereocenters. The lowest BCUT2D eigenvalue weighted by molar-refractivity contribution is 0.0845. The predicted octanol–water partition coefficient (Wildman–Crippen LogP) is 3.11. The van der Waals surface area contributed by atoms with E-state index in [9.17, 15) is 4.79 Å². The predicted molar refractivity (Wildman–Crippen MR) is 106 cm³/mol. The molecule has 1 amide bonds. The highest BCUT2D eigenvalue weighted by Crippen LogP contribution is 2.15. The summed E-state index contributed by atoms with van der Waals surface area (Å²) in [6.07, 6.45) is 0.683. The van der Waals surface area contributed by atoms with Crippen LogP contribution in [-0.2, 0) is 11.3 Å². The Bertz CT molecular complexity index is 706. The van der Waals surface area contributed by atoms with Crippen molar-refractivity contribution in [3.05, 3.63) is 60.2 Å². The van der Waals surface area contributed by atoms with Gasteiger partial charge in [0, 0.05) is 37.9 Å². The molecule has 1 fully saturated rings. The van der Waals surface area contributed by atoms with Crippen molar-refractivity contribution >= 4 is 11.8 Å². The van der Waals surface area contributed by atoms with Gasteiger partial charge in [0.2, 0.25) is 0 Å². The maximum Gasteiger partial charge on any atom is 0.410 e. The Morgan fingerprint density at radius 2 is 1.96 bits per heavy atom. The highest BCUT2D eigenvalue weighted by molar-refractivity contribution is 5.67. The third kappa shape index (κ3) is 5.89. The van der Waals surface area contributed by atoms with Crippen LogP contribution in [0.15, 0.2) is 54.6 Å². The Labute approximate surface area is 160 Å². The molecule has 0 radical (unpaired) electrons. The Morgan fingerprint density at radius 1 is 1.19 bits per heavy atom. The van der Waals surface area contributed by atoms with E-state index < -0.39 is 0 Å². The molecule has 6 nitrogen and oxygen atoms in total. The summed E-state index contributed by atoms with van der Waals surface area (Å²) in [5.74, 6) is 0.846. The quantitative estimate of drug-likeness (QED) is 0.785. The van der Waals surface area contributed by atoms with Gasteiger partial charge in [-0.05, 0) is 36.2 Å². The maximum absolute atomic E-state index is 12.3. The van der Waals surface area contributed by atoms with Gasteiger partial charge in [0.15, 0.2) is 0 Å². The smallest absolute Gasteiger partial charge is 0.410 e. The molecule has 1 saturated heterocycles. The lowest BCUT2D eigenvalue weighted by Crippen LogP contribution is -2.53. The van der Waals surface area contributed by atoms with Crippen molar-refractivity contribution in [3.8, 4) is 5.75 Å². The monoisotopic (exact) mass is 369 g/mol. The van der Waals surface area contributed by atoms with Crippen molar-refractivity contribution in [3.63, 3.8) is 0 Å². The van der Waals surface area contributed by atoms with Crippen LogP contribution in [0.25, 0.3) is 0 Å². The first-order valence-electron chi connectivity index (χ1n) is 9.31. The molecule has 6 heteroatoms. The fourth-order valence-electron chi connectivity index (χ4n) is 3.09. The standard InChI is InChI=1S/C21H27N3O3/c1-26-20-9-7-18(8-10-20)22-12-11-19-15-24(14-13-23-19)21(25)27-16-17-5-3-2-4-6-17/h2-10,19,22-23H,11-16H2,1H3/t19-/m1/s1. The van der Waals surface area contributed by atoms with Crippen LogP contribution in [0.3, 0.4) is 0 Å². The molecule has 1 aliphatic rings. The summed E-state index contributed by atoms with van der Waals surface area (Å²) in [6.45, 7) is 3.27. The van der Waals surface area contributed by atoms with Gasteiger partial charge in [0.1, 0.15) is 12.4 Å². The summed E-state index contributed by atoms with van der Waals surface area (Å²) in [4.78, 5) is 14.1. The molecule has 1 aliphatic heterocycles. The number of carbonyl (C=O) groups is 1. The summed E-state index contributed by atoms with van der Waals surface area (Å²) in [5, 5.41) is 6.88. The van der Waals surface area contributed by atoms with Crippen LogP contribution < -0.4 is 15.4 Å². The summed E-state index contributed by atoms with van der Waals surface area (Å²) < 4.78 is 10.6. The number of piperazine rings is 1. The second kappa shape index (κ2) is 9.83. The van der Waals surface area contributed by atoms with Crippen molar-refractivity contribution in [1.82, 2.24) is 10.2 Å². The van der Waals surface area contributed by atoms with E-state index in [0.29, 0.717) is 19.7 Å². The Kier molecular flexibility index (Phi) is 6.93. The van der Waals surface area contributed by atoms with Crippen molar-refractivity contribution in [2.45, 2.75) is 19.1 Å². The first-order valence-corrected chi connectivity index (χ1v) is 9.31. The molecule has 0 saturated carbocycles. The summed E-state index contributed by atoms with van der Waals surface area (Å²) in [5.41, 5.74) is 2.06. The van der Waals surface area contributed by atoms with Crippen LogP contribution in [-0.4, -0.2) is 50.3 Å². The minimum atomic E-state index is -0.242. The second-order valence-electron chi connectivity index (χ2n) is 6.58. The maximum atomic E-state index is 12.3. The zero-order chi connectivity index (χ0) is 18.9. The number of rotatable bonds is 7. The molecule has 0 spiro atoms. The van der Waals surface area contributed by atoms with Crippen molar-refractivity contribution in [1.29, 1.82) is 0 Å². The molecule has 2 aromatic rings. The zero-order valence-corrected chi connectivity index (χ0v) is 15.7. The fourth-order valence-corrected chi connectivity index (χ4v) is 3.09. The van der Waals surface area contributed by atoms with Crippen LogP contribution in [0, 0.1) is 0 Å². The van der Waals surface area contributed by atoms with E-state index >= 15 is 0 Å². The van der Waals surface area contributed by atoms with E-state index in [-0.39, 0.29) is 12.1 Å². The molecule has 0 aromatic heterocycles. The zero-order valence-electron chi connectivity index (χ0n) is 15.7. The second-order valence-corrected chi connectivity index (χ2v) is 6.58. The number of anilines is 1. The highest BCUT2D eigenvalue weighted by atomic mass is 16.6. The fraction of sp³-hybridized carbons (Fsp3) is 0.381. The molecule has 2 N–H and O–H groups in total. The molecular weight excluding hydrogens is 342 g/mol. The first kappa shape index (κ1) is 19.0. The van der Waals surface area contributed by atoms with E-state index in [1.54, 1.807) is 12.0 Å². The van der Waals surface area contributed by atoms with Gasteiger partial charge in [-0.1, -0.05) is 30.3 Å². The summed E-state index contributed by atoms with van der Waals surface area (Å²) in [7, 11) is 1.66. The Balaban J connectivity index is 1.39. The van der Waals surface area contributed by atoms with Gasteiger partial charge in [0.05, 0.1) is 7.11 Å². The molecule has 3 rings (SSSR count). The Morgan fingerprint density at radius 3 is 2.70 bits per heavy atom. The molecule has 1 atom stereocenters. The van der Waals surface area contributed by atoms with E-state index in [1.165, 1.54) is 0 Å². The van der Waals surface area contributed by atoms with Gasteiger partial charge < -0.3 is 25.0 Å². The Hall–Kier alpha value is -2.73. The molecule has 2 aromatic carbocycles. The number of benzene rings is 2. The average molecular weight is 369 g/mol. The van der Waals surface area contributed by atoms with Gasteiger partial charge >= 0.3 is 6.09 Å². The van der Waals surface area contributed by atoms with Crippen LogP contribution in [0.5, 0.6) is 5.75 Å². The van der Waals surface area contributed by atoms with Gasteiger partial charge in [0.25, 0.3) is 0 Å². The van der Waals surface area contributed by atoms with Crippen LogP contribution in [0.1, 0.15) is 12.0 Å². The molecule has 0 aliphatic carbocycles. The highest BCUT2D eigenvalue weighted by Gasteiger charge is 2.23. The molecule has 144 valence electrons. The SMILES string of the molecule is COc1ccc(NCC[C@@H]2CN(C(=O)OCc3ccccc3)CCN2)cc1. The largest absolute Gasteiger partial charge is 0.497 e. The molecule has 1 heterocycles. The lowest BCUT2D eigenvalue weighted by Gasteiger charge is -2.33. The summed E-state index contributed by atoms with van der Waals surface area (Å²) >= 11 is 0. The minimum absolute atomic E-state index is 0.242. The lowest BCUT2D eigenvalue weighted by atomic mass is 10.1. The van der Waals surface area contributed by atoms with Gasteiger partial charge in [-0.2, -0.15) is 0 Å². The van der Waals surface area contributed by atoms with Crippen molar-refractivity contribution < 1.29 is 14.3 Å². The summed E-state index contributed by atoms with van der Waals surface area (Å²) in [6, 6.07) is 17.9. The van der Waals surface area contributed by atoms with Gasteiger partial charge in [-0.25, -0.2) is 4.79 Å². The van der Waals surface area contributed by atoms with Gasteiger partial charge in [-0.15, -0.1) is 0 Å². The first-order chi connectivity index (χ1) is 13.2. The normalized spacial score (nSPS) is 16.6. The minimum Gasteiger partial charge on any atom is -0.497 e. The topological polar surface area (TPSA) is 62.8 Å². The number of nitrogens with zero attached hydrogens (tertiary/aromatic N) is 1. The number of carbonyl (C=O) groups excluding carboxylic acids is 1. The number of hydrogen-bond acceptors (Lipinski definition) is 5. The van der Waals surface area contributed by atoms with Crippen LogP contribution >= 0.6 is 0 Å². The van der Waals surface area contributed by atoms with E-state index in [4.69, 9.17) is 9.47 Å². The van der Waals surface area contributed by atoms with Crippen molar-refractivity contribution in [2.75, 3.05) is 38.6 Å². The third-order valence-corrected chi connectivity index (χ3v) is 4.63. The molecule has 27 heavy (non-hydrogen) atoms. The van der Waals surface area contributed by atoms with Crippen LogP contribution in [0.4, 0.5) is 10.5 Å². The van der Waals surface area contributed by atoms with E-state index in [1.807, 2.05) is 54.6 Å². The average Bonchev–Trinajstić information content (AvgIpc) is 2.73. The number of nitrogens with one attached hydrogen (secondary N) is 2. The number of ether oxygens (including phenoxy) is 2. The van der Waals surface area contributed by atoms with Crippen LogP contribution in [0.2, 0.25) is 0 Å². The molecular formula is C21H27N3O3. The number of hydrogen-bond donors (Lipinski definition) is 2. The number of amides is 1. The van der Waals surface area contributed by atoms with E-state index in [2.05, 4.69) is 10.6 Å². The third-order valence-electron chi connectivity index (χ3n) is 4.63. The number of methoxy groups -OCH3 is 1. The van der Waals surface area contributed by atoms with Gasteiger partial charge in [-0.3, -0.25) is 0 Å². The van der Waals surface area contributed by atoms with Crippen molar-refractivity contribution in [2.24, 2.45) is 0 Å². The molecule has 0 bridgehead atoms. The van der Waals surface area contributed by atoms with E-state index in [0.717, 1.165) is 36.5 Å².